The van der Waals surface area contributed by atoms with Crippen LogP contribution in [-0.2, 0) is 4.79 Å². The lowest BCUT2D eigenvalue weighted by Gasteiger charge is -2.15. The Hall–Kier alpha value is -2.45. The SMILES string of the molecule is Cc1[nH]nc(C(=O)NC(CC(C)C)C(=O)O)c1[N+](=O)[O-]. The van der Waals surface area contributed by atoms with E-state index in [-0.39, 0.29) is 18.0 Å². The number of carbonyl (C=O) groups excluding carboxylic acids is 1. The number of amides is 1. The van der Waals surface area contributed by atoms with Crippen molar-refractivity contribution in [2.45, 2.75) is 33.2 Å². The van der Waals surface area contributed by atoms with Gasteiger partial charge in [0.05, 0.1) is 4.92 Å². The maximum absolute atomic E-state index is 11.9. The third-order valence-corrected chi connectivity index (χ3v) is 2.62. The van der Waals surface area contributed by atoms with Gasteiger partial charge in [0.25, 0.3) is 5.91 Å². The fourth-order valence-corrected chi connectivity index (χ4v) is 1.72. The van der Waals surface area contributed by atoms with Gasteiger partial charge in [0.15, 0.2) is 0 Å². The molecule has 0 spiro atoms. The molecule has 0 radical (unpaired) electrons. The molecule has 1 rings (SSSR count). The second kappa shape index (κ2) is 6.13. The molecule has 0 aliphatic carbocycles. The Morgan fingerprint density at radius 1 is 1.50 bits per heavy atom. The quantitative estimate of drug-likeness (QED) is 0.523. The van der Waals surface area contributed by atoms with Crippen molar-refractivity contribution in [2.75, 3.05) is 0 Å². The van der Waals surface area contributed by atoms with Crippen molar-refractivity contribution in [1.29, 1.82) is 0 Å². The van der Waals surface area contributed by atoms with Crippen molar-refractivity contribution < 1.29 is 19.6 Å². The molecule has 0 bridgehead atoms. The Morgan fingerprint density at radius 3 is 2.55 bits per heavy atom. The second-order valence-corrected chi connectivity index (χ2v) is 4.80. The molecule has 0 saturated heterocycles. The Morgan fingerprint density at radius 2 is 2.10 bits per heavy atom. The molecule has 3 N–H and O–H groups in total. The van der Waals surface area contributed by atoms with E-state index < -0.39 is 34.2 Å². The van der Waals surface area contributed by atoms with E-state index >= 15 is 0 Å². The van der Waals surface area contributed by atoms with Crippen LogP contribution in [0.25, 0.3) is 0 Å². The van der Waals surface area contributed by atoms with Crippen molar-refractivity contribution in [3.05, 3.63) is 21.5 Å². The van der Waals surface area contributed by atoms with Crippen LogP contribution >= 0.6 is 0 Å². The average Bonchev–Trinajstić information content (AvgIpc) is 2.69. The van der Waals surface area contributed by atoms with Crippen LogP contribution in [0.4, 0.5) is 5.69 Å². The highest BCUT2D eigenvalue weighted by molar-refractivity contribution is 5.98. The summed E-state index contributed by atoms with van der Waals surface area (Å²) in [6.07, 6.45) is 0.221. The number of carboxylic acid groups (broad SMARTS) is 1. The maximum atomic E-state index is 11.9. The number of aryl methyl sites for hydroxylation is 1. The lowest BCUT2D eigenvalue weighted by atomic mass is 10.0. The number of nitrogens with zero attached hydrogens (tertiary/aromatic N) is 2. The topological polar surface area (TPSA) is 138 Å². The normalized spacial score (nSPS) is 12.2. The third kappa shape index (κ3) is 3.53. The summed E-state index contributed by atoms with van der Waals surface area (Å²) < 4.78 is 0. The summed E-state index contributed by atoms with van der Waals surface area (Å²) in [6.45, 7) is 5.02. The number of H-pyrrole nitrogens is 1. The smallest absolute Gasteiger partial charge is 0.326 e. The van der Waals surface area contributed by atoms with Crippen LogP contribution in [0.2, 0.25) is 0 Å². The van der Waals surface area contributed by atoms with Gasteiger partial charge in [-0.25, -0.2) is 4.79 Å². The van der Waals surface area contributed by atoms with Gasteiger partial charge in [0.2, 0.25) is 5.69 Å². The lowest BCUT2D eigenvalue weighted by molar-refractivity contribution is -0.385. The first-order chi connectivity index (χ1) is 9.23. The maximum Gasteiger partial charge on any atom is 0.326 e. The zero-order valence-electron chi connectivity index (χ0n) is 11.3. The molecule has 1 aromatic rings. The first-order valence-corrected chi connectivity index (χ1v) is 5.97. The average molecular weight is 284 g/mol. The number of hydrogen-bond donors (Lipinski definition) is 3. The first-order valence-electron chi connectivity index (χ1n) is 5.97. The molecule has 0 aliphatic rings. The summed E-state index contributed by atoms with van der Waals surface area (Å²) in [4.78, 5) is 33.1. The van der Waals surface area contributed by atoms with Gasteiger partial charge < -0.3 is 10.4 Å². The Bertz CT molecular complexity index is 537. The van der Waals surface area contributed by atoms with Crippen molar-refractivity contribution in [1.82, 2.24) is 15.5 Å². The number of nitrogens with one attached hydrogen (secondary N) is 2. The highest BCUT2D eigenvalue weighted by atomic mass is 16.6. The first kappa shape index (κ1) is 15.6. The van der Waals surface area contributed by atoms with E-state index in [0.29, 0.717) is 0 Å². The van der Waals surface area contributed by atoms with Crippen LogP contribution in [-0.4, -0.2) is 38.1 Å². The fourth-order valence-electron chi connectivity index (χ4n) is 1.72. The second-order valence-electron chi connectivity index (χ2n) is 4.80. The zero-order valence-corrected chi connectivity index (χ0v) is 11.3. The number of rotatable bonds is 6. The predicted molar refractivity (Wildman–Crippen MR) is 68.3 cm³/mol. The van der Waals surface area contributed by atoms with Gasteiger partial charge in [-0.3, -0.25) is 20.0 Å². The number of nitro groups is 1. The minimum Gasteiger partial charge on any atom is -0.480 e. The van der Waals surface area contributed by atoms with E-state index in [2.05, 4.69) is 15.5 Å². The van der Waals surface area contributed by atoms with Crippen molar-refractivity contribution in [2.24, 2.45) is 5.92 Å². The number of aromatic nitrogens is 2. The Labute approximate surface area is 114 Å². The van der Waals surface area contributed by atoms with Crippen LogP contribution in [0.3, 0.4) is 0 Å². The fraction of sp³-hybridized carbons (Fsp3) is 0.545. The third-order valence-electron chi connectivity index (χ3n) is 2.62. The number of carbonyl (C=O) groups is 2. The van der Waals surface area contributed by atoms with E-state index in [9.17, 15) is 19.7 Å². The summed E-state index contributed by atoms with van der Waals surface area (Å²) in [6, 6.07) is -1.11. The summed E-state index contributed by atoms with van der Waals surface area (Å²) in [5.41, 5.74) is -0.727. The number of hydrogen-bond acceptors (Lipinski definition) is 5. The van der Waals surface area contributed by atoms with Gasteiger partial charge in [0.1, 0.15) is 11.7 Å². The Kier molecular flexibility index (Phi) is 4.78. The summed E-state index contributed by atoms with van der Waals surface area (Å²) in [7, 11) is 0. The minimum atomic E-state index is -1.19. The van der Waals surface area contributed by atoms with Crippen LogP contribution in [0, 0.1) is 23.0 Å². The molecule has 0 saturated carbocycles. The monoisotopic (exact) mass is 284 g/mol. The minimum absolute atomic E-state index is 0.0484. The van der Waals surface area contributed by atoms with Gasteiger partial charge in [-0.2, -0.15) is 5.10 Å². The molecule has 1 amide bonds. The molecular weight excluding hydrogens is 268 g/mol. The van der Waals surface area contributed by atoms with Crippen LogP contribution in [0.15, 0.2) is 0 Å². The van der Waals surface area contributed by atoms with Crippen LogP contribution in [0.1, 0.15) is 36.5 Å². The molecule has 1 unspecified atom stereocenters. The van der Waals surface area contributed by atoms with Crippen molar-refractivity contribution in [3.8, 4) is 0 Å². The number of aromatic amines is 1. The largest absolute Gasteiger partial charge is 0.480 e. The molecule has 1 aromatic heterocycles. The zero-order chi connectivity index (χ0) is 15.4. The van der Waals surface area contributed by atoms with Crippen LogP contribution in [0.5, 0.6) is 0 Å². The molecule has 110 valence electrons. The van der Waals surface area contributed by atoms with Gasteiger partial charge in [-0.05, 0) is 19.3 Å². The molecule has 0 fully saturated rings. The molecule has 20 heavy (non-hydrogen) atoms. The highest BCUT2D eigenvalue weighted by Crippen LogP contribution is 2.20. The molecule has 1 heterocycles. The number of carboxylic acids is 1. The highest BCUT2D eigenvalue weighted by Gasteiger charge is 2.30. The van der Waals surface area contributed by atoms with E-state index in [1.807, 2.05) is 13.8 Å². The number of aliphatic carboxylic acids is 1. The van der Waals surface area contributed by atoms with Crippen LogP contribution < -0.4 is 5.32 Å². The summed E-state index contributed by atoms with van der Waals surface area (Å²) >= 11 is 0. The standard InChI is InChI=1S/C11H16N4O5/c1-5(2)4-7(11(17)18)12-10(16)8-9(15(19)20)6(3)13-14-8/h5,7H,4H2,1-3H3,(H,12,16)(H,13,14)(H,17,18). The summed E-state index contributed by atoms with van der Waals surface area (Å²) in [5, 5.41) is 28.0. The molecule has 0 aliphatic heterocycles. The molecule has 0 aromatic carbocycles. The predicted octanol–water partition coefficient (Wildman–Crippen LogP) is 0.855. The molecule has 9 heteroatoms. The van der Waals surface area contributed by atoms with E-state index in [1.165, 1.54) is 6.92 Å². The van der Waals surface area contributed by atoms with Crippen molar-refractivity contribution in [3.63, 3.8) is 0 Å². The van der Waals surface area contributed by atoms with Crippen molar-refractivity contribution >= 4 is 17.6 Å². The summed E-state index contributed by atoms with van der Waals surface area (Å²) in [5.74, 6) is -2.02. The van der Waals surface area contributed by atoms with Gasteiger partial charge >= 0.3 is 11.7 Å². The molecular formula is C11H16N4O5. The van der Waals surface area contributed by atoms with Gasteiger partial charge in [0, 0.05) is 0 Å². The lowest BCUT2D eigenvalue weighted by Crippen LogP contribution is -2.42. The van der Waals surface area contributed by atoms with E-state index in [4.69, 9.17) is 5.11 Å². The van der Waals surface area contributed by atoms with Gasteiger partial charge in [-0.15, -0.1) is 0 Å². The molecule has 1 atom stereocenters. The van der Waals surface area contributed by atoms with E-state index in [0.717, 1.165) is 0 Å². The molecule has 9 nitrogen and oxygen atoms in total. The Balaban J connectivity index is 2.95. The van der Waals surface area contributed by atoms with E-state index in [1.54, 1.807) is 0 Å². The van der Waals surface area contributed by atoms with Gasteiger partial charge in [-0.1, -0.05) is 13.8 Å².